The monoisotopic (exact) mass is 213 g/mol. The summed E-state index contributed by atoms with van der Waals surface area (Å²) in [6, 6.07) is 0. The molecule has 86 valence electrons. The van der Waals surface area contributed by atoms with E-state index in [9.17, 15) is 9.90 Å². The van der Waals surface area contributed by atoms with Gasteiger partial charge in [-0.2, -0.15) is 0 Å². The molecule has 0 aromatic carbocycles. The Hall–Kier alpha value is -0.610. The molecule has 2 N–H and O–H groups in total. The topological polar surface area (TPSA) is 58.6 Å². The predicted octanol–water partition coefficient (Wildman–Crippen LogP) is 0.866. The van der Waals surface area contributed by atoms with Crippen LogP contribution in [0.4, 0.5) is 0 Å². The van der Waals surface area contributed by atoms with Gasteiger partial charge in [-0.3, -0.25) is 4.79 Å². The van der Waals surface area contributed by atoms with Crippen LogP contribution in [0, 0.1) is 11.3 Å². The average Bonchev–Trinajstić information content (AvgIpc) is 2.63. The van der Waals surface area contributed by atoms with E-state index in [-0.39, 0.29) is 11.3 Å². The largest absolute Gasteiger partial charge is 0.481 e. The molecule has 1 aliphatic heterocycles. The fraction of sp³-hybridized carbons (Fsp3) is 0.909. The third-order valence-corrected chi connectivity index (χ3v) is 4.12. The van der Waals surface area contributed by atoms with E-state index in [1.54, 1.807) is 7.11 Å². The van der Waals surface area contributed by atoms with Crippen molar-refractivity contribution in [3.05, 3.63) is 0 Å². The summed E-state index contributed by atoms with van der Waals surface area (Å²) in [5.41, 5.74) is 0.000856. The van der Waals surface area contributed by atoms with Crippen LogP contribution in [-0.2, 0) is 9.53 Å². The van der Waals surface area contributed by atoms with Gasteiger partial charge in [-0.05, 0) is 31.1 Å². The van der Waals surface area contributed by atoms with Gasteiger partial charge in [0.2, 0.25) is 0 Å². The fourth-order valence-corrected chi connectivity index (χ4v) is 3.08. The third kappa shape index (κ3) is 1.88. The highest BCUT2D eigenvalue weighted by Gasteiger charge is 2.48. The average molecular weight is 213 g/mol. The molecule has 2 rings (SSSR count). The molecule has 1 saturated heterocycles. The Morgan fingerprint density at radius 3 is 2.67 bits per heavy atom. The minimum atomic E-state index is -0.643. The van der Waals surface area contributed by atoms with Crippen molar-refractivity contribution in [2.75, 3.05) is 20.2 Å². The van der Waals surface area contributed by atoms with Gasteiger partial charge in [0.1, 0.15) is 0 Å². The number of carboxylic acids is 1. The minimum Gasteiger partial charge on any atom is -0.481 e. The number of methoxy groups -OCH3 is 1. The molecule has 2 aliphatic rings. The van der Waals surface area contributed by atoms with Crippen LogP contribution in [0.1, 0.15) is 25.7 Å². The van der Waals surface area contributed by atoms with Crippen LogP contribution in [0.2, 0.25) is 0 Å². The van der Waals surface area contributed by atoms with E-state index in [4.69, 9.17) is 4.74 Å². The maximum absolute atomic E-state index is 11.2. The fourth-order valence-electron chi connectivity index (χ4n) is 3.08. The lowest BCUT2D eigenvalue weighted by Crippen LogP contribution is -2.39. The van der Waals surface area contributed by atoms with Gasteiger partial charge in [-0.1, -0.05) is 0 Å². The van der Waals surface area contributed by atoms with Crippen LogP contribution in [-0.4, -0.2) is 37.4 Å². The van der Waals surface area contributed by atoms with E-state index in [0.717, 1.165) is 32.2 Å². The molecule has 1 aliphatic carbocycles. The smallest absolute Gasteiger partial charge is 0.308 e. The second-order valence-electron chi connectivity index (χ2n) is 4.82. The highest BCUT2D eigenvalue weighted by Crippen LogP contribution is 2.45. The molecule has 0 bridgehead atoms. The molecule has 0 aromatic heterocycles. The molecule has 1 heterocycles. The molecule has 0 amide bonds. The maximum atomic E-state index is 11.2. The molecule has 0 radical (unpaired) electrons. The summed E-state index contributed by atoms with van der Waals surface area (Å²) < 4.78 is 5.32. The maximum Gasteiger partial charge on any atom is 0.308 e. The van der Waals surface area contributed by atoms with Crippen molar-refractivity contribution in [3.8, 4) is 0 Å². The third-order valence-electron chi connectivity index (χ3n) is 4.12. The van der Waals surface area contributed by atoms with Gasteiger partial charge in [0.05, 0.1) is 12.0 Å². The lowest BCUT2D eigenvalue weighted by atomic mass is 9.67. The molecular weight excluding hydrogens is 194 g/mol. The van der Waals surface area contributed by atoms with Crippen molar-refractivity contribution >= 4 is 5.97 Å². The highest BCUT2D eigenvalue weighted by atomic mass is 16.5. The van der Waals surface area contributed by atoms with E-state index in [2.05, 4.69) is 5.32 Å². The molecule has 1 spiro atoms. The van der Waals surface area contributed by atoms with Crippen LogP contribution in [0.3, 0.4) is 0 Å². The summed E-state index contributed by atoms with van der Waals surface area (Å²) in [7, 11) is 1.74. The zero-order valence-corrected chi connectivity index (χ0v) is 9.16. The van der Waals surface area contributed by atoms with Crippen molar-refractivity contribution in [2.45, 2.75) is 31.8 Å². The Kier molecular flexibility index (Phi) is 2.98. The van der Waals surface area contributed by atoms with Crippen molar-refractivity contribution in [2.24, 2.45) is 11.3 Å². The Morgan fingerprint density at radius 1 is 1.47 bits per heavy atom. The zero-order chi connectivity index (χ0) is 10.9. The Bertz CT molecular complexity index is 246. The van der Waals surface area contributed by atoms with Crippen molar-refractivity contribution in [1.29, 1.82) is 0 Å². The number of rotatable bonds is 2. The molecule has 1 unspecified atom stereocenters. The molecule has 4 nitrogen and oxygen atoms in total. The number of nitrogens with one attached hydrogen (secondary N) is 1. The van der Waals surface area contributed by atoms with E-state index in [1.165, 1.54) is 0 Å². The molecule has 1 saturated carbocycles. The van der Waals surface area contributed by atoms with E-state index in [1.807, 2.05) is 0 Å². The number of hydrogen-bond donors (Lipinski definition) is 2. The van der Waals surface area contributed by atoms with Gasteiger partial charge in [-0.15, -0.1) is 0 Å². The van der Waals surface area contributed by atoms with E-state index in [0.29, 0.717) is 12.6 Å². The zero-order valence-electron chi connectivity index (χ0n) is 9.16. The minimum absolute atomic E-state index is 0.000856. The number of aliphatic carboxylic acids is 1. The Balaban J connectivity index is 2.04. The quantitative estimate of drug-likeness (QED) is 0.714. The normalized spacial score (nSPS) is 40.9. The summed E-state index contributed by atoms with van der Waals surface area (Å²) in [5, 5.41) is 12.4. The molecular formula is C11H19NO3. The summed E-state index contributed by atoms with van der Waals surface area (Å²) >= 11 is 0. The first-order valence-electron chi connectivity index (χ1n) is 5.64. The predicted molar refractivity (Wildman–Crippen MR) is 55.7 cm³/mol. The summed E-state index contributed by atoms with van der Waals surface area (Å²) in [4.78, 5) is 11.2. The van der Waals surface area contributed by atoms with E-state index < -0.39 is 5.97 Å². The lowest BCUT2D eigenvalue weighted by molar-refractivity contribution is -0.146. The highest BCUT2D eigenvalue weighted by molar-refractivity contribution is 5.72. The van der Waals surface area contributed by atoms with Gasteiger partial charge in [0, 0.05) is 20.2 Å². The second-order valence-corrected chi connectivity index (χ2v) is 4.82. The first kappa shape index (κ1) is 10.9. The number of carbonyl (C=O) groups is 1. The standard InChI is InChI=1S/C11H19NO3/c1-15-8-2-4-11(5-3-8)7-12-6-9(11)10(13)14/h8-9,12H,2-7H2,1H3,(H,13,14). The molecule has 1 atom stereocenters. The van der Waals surface area contributed by atoms with Crippen LogP contribution >= 0.6 is 0 Å². The second kappa shape index (κ2) is 4.10. The first-order chi connectivity index (χ1) is 7.18. The van der Waals surface area contributed by atoms with Gasteiger partial charge in [0.25, 0.3) is 0 Å². The first-order valence-corrected chi connectivity index (χ1v) is 5.64. The number of ether oxygens (including phenoxy) is 1. The molecule has 2 fully saturated rings. The van der Waals surface area contributed by atoms with Gasteiger partial charge >= 0.3 is 5.97 Å². The van der Waals surface area contributed by atoms with Crippen LogP contribution in [0.15, 0.2) is 0 Å². The number of carboxylic acid groups (broad SMARTS) is 1. The molecule has 0 aromatic rings. The van der Waals surface area contributed by atoms with Gasteiger partial charge < -0.3 is 15.2 Å². The van der Waals surface area contributed by atoms with Crippen LogP contribution < -0.4 is 5.32 Å². The number of hydrogen-bond acceptors (Lipinski definition) is 3. The lowest BCUT2D eigenvalue weighted by Gasteiger charge is -2.38. The summed E-state index contributed by atoms with van der Waals surface area (Å²) in [6.45, 7) is 1.49. The van der Waals surface area contributed by atoms with Crippen LogP contribution in [0.5, 0.6) is 0 Å². The SMILES string of the molecule is COC1CCC2(CC1)CNCC2C(=O)O. The summed E-state index contributed by atoms with van der Waals surface area (Å²) in [6.07, 6.45) is 4.31. The van der Waals surface area contributed by atoms with Crippen LogP contribution in [0.25, 0.3) is 0 Å². The Labute approximate surface area is 90.0 Å². The Morgan fingerprint density at radius 2 is 2.13 bits per heavy atom. The van der Waals surface area contributed by atoms with Gasteiger partial charge in [0.15, 0.2) is 0 Å². The van der Waals surface area contributed by atoms with Crippen molar-refractivity contribution in [1.82, 2.24) is 5.32 Å². The van der Waals surface area contributed by atoms with E-state index >= 15 is 0 Å². The van der Waals surface area contributed by atoms with Crippen molar-refractivity contribution in [3.63, 3.8) is 0 Å². The summed E-state index contributed by atoms with van der Waals surface area (Å²) in [5.74, 6) is -0.842. The van der Waals surface area contributed by atoms with Crippen molar-refractivity contribution < 1.29 is 14.6 Å². The molecule has 15 heavy (non-hydrogen) atoms. The van der Waals surface area contributed by atoms with Gasteiger partial charge in [-0.25, -0.2) is 0 Å². The molecule has 4 heteroatoms.